The molecule has 9 heteroatoms. The van der Waals surface area contributed by atoms with Crippen LogP contribution in [0, 0.1) is 6.92 Å². The maximum absolute atomic E-state index is 12.6. The lowest BCUT2D eigenvalue weighted by Gasteiger charge is -2.19. The van der Waals surface area contributed by atoms with Gasteiger partial charge in [0.25, 0.3) is 5.56 Å². The van der Waals surface area contributed by atoms with E-state index in [1.165, 1.54) is 10.8 Å². The lowest BCUT2D eigenvalue weighted by molar-refractivity contribution is -0.0582. The molecule has 0 aliphatic carbocycles. The van der Waals surface area contributed by atoms with E-state index in [1.807, 2.05) is 0 Å². The van der Waals surface area contributed by atoms with Gasteiger partial charge in [-0.05, 0) is 31.2 Å². The zero-order chi connectivity index (χ0) is 23.4. The van der Waals surface area contributed by atoms with Gasteiger partial charge in [-0.2, -0.15) is 0 Å². The average molecular weight is 450 g/mol. The Hall–Kier alpha value is -3.98. The maximum Gasteiger partial charge on any atom is 0.338 e. The molecule has 3 aromatic rings. The molecule has 2 aromatic carbocycles. The van der Waals surface area contributed by atoms with E-state index in [4.69, 9.17) is 14.2 Å². The molecule has 1 aliphatic rings. The van der Waals surface area contributed by atoms with Crippen molar-refractivity contribution in [2.75, 3.05) is 6.61 Å². The molecule has 9 nitrogen and oxygen atoms in total. The molecular weight excluding hydrogens is 428 g/mol. The van der Waals surface area contributed by atoms with Crippen LogP contribution in [0.3, 0.4) is 0 Å². The van der Waals surface area contributed by atoms with Gasteiger partial charge in [-0.3, -0.25) is 14.3 Å². The first-order valence-corrected chi connectivity index (χ1v) is 10.4. The van der Waals surface area contributed by atoms with Crippen LogP contribution in [0.5, 0.6) is 0 Å². The third-order valence-electron chi connectivity index (χ3n) is 5.29. The Morgan fingerprint density at radius 1 is 1.00 bits per heavy atom. The molecule has 1 N–H and O–H groups in total. The first-order valence-electron chi connectivity index (χ1n) is 10.4. The summed E-state index contributed by atoms with van der Waals surface area (Å²) in [6, 6.07) is 16.9. The van der Waals surface area contributed by atoms with Gasteiger partial charge < -0.3 is 14.2 Å². The molecule has 0 spiro atoms. The van der Waals surface area contributed by atoms with Crippen molar-refractivity contribution in [2.45, 2.75) is 31.8 Å². The van der Waals surface area contributed by atoms with Crippen LogP contribution in [-0.2, 0) is 14.2 Å². The van der Waals surface area contributed by atoms with Gasteiger partial charge in [0.05, 0.1) is 11.1 Å². The lowest BCUT2D eigenvalue weighted by atomic mass is 10.1. The van der Waals surface area contributed by atoms with Crippen molar-refractivity contribution in [1.29, 1.82) is 0 Å². The molecule has 170 valence electrons. The number of nitrogens with zero attached hydrogens (tertiary/aromatic N) is 1. The van der Waals surface area contributed by atoms with E-state index < -0.39 is 41.6 Å². The van der Waals surface area contributed by atoms with Gasteiger partial charge in [-0.15, -0.1) is 0 Å². The minimum atomic E-state index is -0.818. The highest BCUT2D eigenvalue weighted by atomic mass is 16.6. The predicted octanol–water partition coefficient (Wildman–Crippen LogP) is 2.22. The first-order chi connectivity index (χ1) is 15.9. The topological polar surface area (TPSA) is 117 Å². The van der Waals surface area contributed by atoms with Crippen LogP contribution in [0.1, 0.15) is 38.9 Å². The number of aromatic amines is 1. The highest BCUT2D eigenvalue weighted by molar-refractivity contribution is 5.90. The highest BCUT2D eigenvalue weighted by Gasteiger charge is 2.40. The van der Waals surface area contributed by atoms with Crippen molar-refractivity contribution < 1.29 is 23.8 Å². The van der Waals surface area contributed by atoms with Crippen molar-refractivity contribution in [1.82, 2.24) is 9.55 Å². The SMILES string of the molecule is Cc1cn(C2C[C@@H](OC(=O)c3ccccc3)[C@@H](COC(=O)c3ccccc3)O2)c(=O)[nH]c1=O. The molecule has 0 amide bonds. The summed E-state index contributed by atoms with van der Waals surface area (Å²) < 4.78 is 18.2. The predicted molar refractivity (Wildman–Crippen MR) is 117 cm³/mol. The molecule has 0 saturated carbocycles. The van der Waals surface area contributed by atoms with Gasteiger partial charge in [-0.1, -0.05) is 36.4 Å². The number of carbonyl (C=O) groups is 2. The van der Waals surface area contributed by atoms with E-state index in [0.717, 1.165) is 0 Å². The van der Waals surface area contributed by atoms with E-state index >= 15 is 0 Å². The summed E-state index contributed by atoms with van der Waals surface area (Å²) in [5.74, 6) is -1.11. The number of rotatable bonds is 6. The molecule has 1 saturated heterocycles. The minimum Gasteiger partial charge on any atom is -0.459 e. The number of esters is 2. The summed E-state index contributed by atoms with van der Waals surface area (Å²) in [6.07, 6.45) is -0.889. The van der Waals surface area contributed by atoms with E-state index in [9.17, 15) is 19.2 Å². The first kappa shape index (κ1) is 22.2. The molecule has 3 atom stereocenters. The van der Waals surface area contributed by atoms with Gasteiger partial charge in [0.15, 0.2) is 0 Å². The number of nitrogens with one attached hydrogen (secondary N) is 1. The summed E-state index contributed by atoms with van der Waals surface area (Å²) >= 11 is 0. The number of ether oxygens (including phenoxy) is 3. The average Bonchev–Trinajstić information content (AvgIpc) is 3.23. The van der Waals surface area contributed by atoms with Crippen LogP contribution >= 0.6 is 0 Å². The minimum absolute atomic E-state index is 0.136. The maximum atomic E-state index is 12.6. The van der Waals surface area contributed by atoms with Crippen molar-refractivity contribution in [3.8, 4) is 0 Å². The third kappa shape index (κ3) is 5.09. The fraction of sp³-hybridized carbons (Fsp3) is 0.250. The van der Waals surface area contributed by atoms with Gasteiger partial charge in [0.2, 0.25) is 0 Å². The number of hydrogen-bond donors (Lipinski definition) is 1. The summed E-state index contributed by atoms with van der Waals surface area (Å²) in [5, 5.41) is 0. The van der Waals surface area contributed by atoms with Gasteiger partial charge in [-0.25, -0.2) is 14.4 Å². The standard InChI is InChI=1S/C24H22N2O7/c1-15-13-26(24(30)25-21(15)27)20-12-18(33-23(29)17-10-6-3-7-11-17)19(32-20)14-31-22(28)16-8-4-2-5-9-16/h2-11,13,18-20H,12,14H2,1H3,(H,25,27,30)/t18-,19-,20?/m1/s1. The fourth-order valence-electron chi connectivity index (χ4n) is 3.54. The largest absolute Gasteiger partial charge is 0.459 e. The zero-order valence-electron chi connectivity index (χ0n) is 17.8. The monoisotopic (exact) mass is 450 g/mol. The Kier molecular flexibility index (Phi) is 6.50. The Morgan fingerprint density at radius 3 is 2.24 bits per heavy atom. The summed E-state index contributed by atoms with van der Waals surface area (Å²) in [6.45, 7) is 1.38. The molecule has 0 bridgehead atoms. The van der Waals surface area contributed by atoms with Crippen LogP contribution in [0.2, 0.25) is 0 Å². The van der Waals surface area contributed by atoms with Crippen LogP contribution in [0.15, 0.2) is 76.4 Å². The van der Waals surface area contributed by atoms with Crippen molar-refractivity contribution in [3.63, 3.8) is 0 Å². The second kappa shape index (κ2) is 9.66. The van der Waals surface area contributed by atoms with Gasteiger partial charge in [0, 0.05) is 18.2 Å². The second-order valence-electron chi connectivity index (χ2n) is 7.62. The molecule has 1 aliphatic heterocycles. The number of benzene rings is 2. The fourth-order valence-corrected chi connectivity index (χ4v) is 3.54. The Balaban J connectivity index is 1.53. The molecule has 0 radical (unpaired) electrons. The molecule has 1 aromatic heterocycles. The van der Waals surface area contributed by atoms with Crippen LogP contribution in [0.4, 0.5) is 0 Å². The van der Waals surface area contributed by atoms with Crippen molar-refractivity contribution >= 4 is 11.9 Å². The van der Waals surface area contributed by atoms with Crippen molar-refractivity contribution in [3.05, 3.63) is 104 Å². The molecule has 1 fully saturated rings. The number of aromatic nitrogens is 2. The molecule has 33 heavy (non-hydrogen) atoms. The Bertz CT molecular complexity index is 1250. The molecule has 2 heterocycles. The number of H-pyrrole nitrogens is 1. The number of carbonyl (C=O) groups excluding carboxylic acids is 2. The van der Waals surface area contributed by atoms with Gasteiger partial charge >= 0.3 is 17.6 Å². The highest BCUT2D eigenvalue weighted by Crippen LogP contribution is 2.31. The van der Waals surface area contributed by atoms with E-state index in [-0.39, 0.29) is 13.0 Å². The molecule has 1 unspecified atom stereocenters. The number of hydrogen-bond acceptors (Lipinski definition) is 7. The normalized spacial score (nSPS) is 19.7. The zero-order valence-corrected chi connectivity index (χ0v) is 17.8. The van der Waals surface area contributed by atoms with E-state index in [2.05, 4.69) is 4.98 Å². The van der Waals surface area contributed by atoms with Crippen LogP contribution in [0.25, 0.3) is 0 Å². The van der Waals surface area contributed by atoms with E-state index in [1.54, 1.807) is 67.6 Å². The van der Waals surface area contributed by atoms with Crippen molar-refractivity contribution in [2.24, 2.45) is 0 Å². The Labute approximate surface area is 188 Å². The van der Waals surface area contributed by atoms with E-state index in [0.29, 0.717) is 16.7 Å². The smallest absolute Gasteiger partial charge is 0.338 e. The van der Waals surface area contributed by atoms with Crippen LogP contribution < -0.4 is 11.2 Å². The quantitative estimate of drug-likeness (QED) is 0.572. The number of aryl methyl sites for hydroxylation is 1. The Morgan fingerprint density at radius 2 is 1.61 bits per heavy atom. The van der Waals surface area contributed by atoms with Gasteiger partial charge in [0.1, 0.15) is 25.0 Å². The summed E-state index contributed by atoms with van der Waals surface area (Å²) in [4.78, 5) is 51.2. The third-order valence-corrected chi connectivity index (χ3v) is 5.29. The lowest BCUT2D eigenvalue weighted by Crippen LogP contribution is -2.33. The second-order valence-corrected chi connectivity index (χ2v) is 7.62. The molecular formula is C24H22N2O7. The van der Waals surface area contributed by atoms with Crippen LogP contribution in [-0.4, -0.2) is 40.3 Å². The molecule has 4 rings (SSSR count). The summed E-state index contributed by atoms with van der Waals surface area (Å²) in [5.41, 5.74) is -0.0781. The summed E-state index contributed by atoms with van der Waals surface area (Å²) in [7, 11) is 0.